The second-order valence-corrected chi connectivity index (χ2v) is 9.30. The molecule has 0 saturated carbocycles. The maximum absolute atomic E-state index is 11.8. The fourth-order valence-electron chi connectivity index (χ4n) is 3.88. The summed E-state index contributed by atoms with van der Waals surface area (Å²) in [5.74, 6) is -0.0844. The summed E-state index contributed by atoms with van der Waals surface area (Å²) in [6.45, 7) is 5.63. The highest BCUT2D eigenvalue weighted by atomic mass is 16.5. The Morgan fingerprint density at radius 1 is 0.406 bits per heavy atom. The first-order valence-electron chi connectivity index (χ1n) is 14.0. The minimum Gasteiger partial charge on any atom is -0.466 e. The van der Waals surface area contributed by atoms with Crippen molar-refractivity contribution in [2.75, 3.05) is 13.2 Å². The van der Waals surface area contributed by atoms with Gasteiger partial charge in [-0.25, -0.2) is 0 Å². The van der Waals surface area contributed by atoms with Crippen LogP contribution in [-0.4, -0.2) is 25.2 Å². The molecule has 4 nitrogen and oxygen atoms in total. The van der Waals surface area contributed by atoms with Crippen LogP contribution in [0, 0.1) is 0 Å². The molecule has 0 aliphatic carbocycles. The van der Waals surface area contributed by atoms with E-state index >= 15 is 0 Å². The van der Waals surface area contributed by atoms with E-state index in [0.29, 0.717) is 26.1 Å². The third-order valence-electron chi connectivity index (χ3n) is 6.03. The van der Waals surface area contributed by atoms with Crippen molar-refractivity contribution in [1.82, 2.24) is 0 Å². The fourth-order valence-corrected chi connectivity index (χ4v) is 3.88. The summed E-state index contributed by atoms with van der Waals surface area (Å²) >= 11 is 0. The number of esters is 2. The summed E-state index contributed by atoms with van der Waals surface area (Å²) in [7, 11) is 0. The largest absolute Gasteiger partial charge is 0.466 e. The summed E-state index contributed by atoms with van der Waals surface area (Å²) in [4.78, 5) is 23.5. The summed E-state index contributed by atoms with van der Waals surface area (Å²) in [5, 5.41) is 0. The molecule has 190 valence electrons. The zero-order valence-electron chi connectivity index (χ0n) is 21.6. The first-order chi connectivity index (χ1) is 15.7. The molecule has 0 heterocycles. The molecule has 0 saturated heterocycles. The van der Waals surface area contributed by atoms with Crippen LogP contribution in [0.15, 0.2) is 0 Å². The van der Waals surface area contributed by atoms with Gasteiger partial charge in [0.1, 0.15) is 0 Å². The van der Waals surface area contributed by atoms with Crippen molar-refractivity contribution in [1.29, 1.82) is 0 Å². The summed E-state index contributed by atoms with van der Waals surface area (Å²) < 4.78 is 10.6. The van der Waals surface area contributed by atoms with E-state index in [4.69, 9.17) is 9.47 Å². The smallest absolute Gasteiger partial charge is 0.305 e. The molecule has 0 aromatic rings. The van der Waals surface area contributed by atoms with Gasteiger partial charge in [0.25, 0.3) is 0 Å². The van der Waals surface area contributed by atoms with Gasteiger partial charge in [-0.1, -0.05) is 117 Å². The molecule has 0 N–H and O–H groups in total. The highest BCUT2D eigenvalue weighted by molar-refractivity contribution is 5.69. The molecule has 0 spiro atoms. The van der Waals surface area contributed by atoms with E-state index in [1.165, 1.54) is 77.0 Å². The molecule has 0 amide bonds. The van der Waals surface area contributed by atoms with Crippen LogP contribution in [-0.2, 0) is 19.1 Å². The zero-order chi connectivity index (χ0) is 23.5. The van der Waals surface area contributed by atoms with E-state index in [2.05, 4.69) is 13.8 Å². The molecule has 0 aromatic carbocycles. The second-order valence-electron chi connectivity index (χ2n) is 9.30. The van der Waals surface area contributed by atoms with Gasteiger partial charge >= 0.3 is 11.9 Å². The summed E-state index contributed by atoms with van der Waals surface area (Å²) in [6.07, 6.45) is 24.7. The average Bonchev–Trinajstić information content (AvgIpc) is 2.79. The number of carbonyl (C=O) groups is 2. The Kier molecular flexibility index (Phi) is 25.3. The molecule has 0 radical (unpaired) electrons. The van der Waals surface area contributed by atoms with E-state index in [9.17, 15) is 9.59 Å². The van der Waals surface area contributed by atoms with Gasteiger partial charge in [-0.3, -0.25) is 9.59 Å². The number of unbranched alkanes of at least 4 members (excludes halogenated alkanes) is 17. The molecule has 0 atom stereocenters. The quantitative estimate of drug-likeness (QED) is 0.102. The molecule has 0 fully saturated rings. The summed E-state index contributed by atoms with van der Waals surface area (Å²) in [6, 6.07) is 0. The van der Waals surface area contributed by atoms with Gasteiger partial charge in [-0.15, -0.1) is 0 Å². The molecule has 0 rings (SSSR count). The SMILES string of the molecule is CCCCCCCCCCOC(=O)CCCCCCCCC(=O)OCCCCCCCC. The molecule has 0 aliphatic rings. The van der Waals surface area contributed by atoms with Crippen LogP contribution in [0.3, 0.4) is 0 Å². The number of carbonyl (C=O) groups excluding carboxylic acids is 2. The van der Waals surface area contributed by atoms with Crippen LogP contribution in [0.2, 0.25) is 0 Å². The van der Waals surface area contributed by atoms with Crippen molar-refractivity contribution in [3.63, 3.8) is 0 Å². The lowest BCUT2D eigenvalue weighted by Gasteiger charge is -2.06. The van der Waals surface area contributed by atoms with Crippen molar-refractivity contribution in [3.05, 3.63) is 0 Å². The fraction of sp³-hybridized carbons (Fsp3) is 0.929. The first-order valence-corrected chi connectivity index (χ1v) is 14.0. The van der Waals surface area contributed by atoms with Crippen LogP contribution in [0.25, 0.3) is 0 Å². The molecular weight excluding hydrogens is 400 g/mol. The minimum atomic E-state index is -0.0437. The monoisotopic (exact) mass is 454 g/mol. The van der Waals surface area contributed by atoms with Gasteiger partial charge in [0.15, 0.2) is 0 Å². The van der Waals surface area contributed by atoms with Crippen molar-refractivity contribution in [3.8, 4) is 0 Å². The summed E-state index contributed by atoms with van der Waals surface area (Å²) in [5.41, 5.74) is 0. The number of ether oxygens (including phenoxy) is 2. The predicted molar refractivity (Wildman–Crippen MR) is 135 cm³/mol. The van der Waals surface area contributed by atoms with Crippen LogP contribution >= 0.6 is 0 Å². The molecule has 4 heteroatoms. The maximum Gasteiger partial charge on any atom is 0.305 e. The van der Waals surface area contributed by atoms with Crippen LogP contribution in [0.1, 0.15) is 155 Å². The standard InChI is InChI=1S/C28H54O4/c1-3-5-7-9-11-14-18-22-26-32-28(30)24-20-16-13-12-15-19-23-27(29)31-25-21-17-10-8-6-4-2/h3-26H2,1-2H3. The molecule has 32 heavy (non-hydrogen) atoms. The molecular formula is C28H54O4. The van der Waals surface area contributed by atoms with E-state index in [-0.39, 0.29) is 11.9 Å². The maximum atomic E-state index is 11.8. The van der Waals surface area contributed by atoms with Gasteiger partial charge in [0.2, 0.25) is 0 Å². The first kappa shape index (κ1) is 30.9. The highest BCUT2D eigenvalue weighted by Crippen LogP contribution is 2.11. The Morgan fingerprint density at radius 2 is 0.688 bits per heavy atom. The van der Waals surface area contributed by atoms with Gasteiger partial charge in [0, 0.05) is 12.8 Å². The third kappa shape index (κ3) is 25.2. The lowest BCUT2D eigenvalue weighted by Crippen LogP contribution is -2.06. The predicted octanol–water partition coefficient (Wildman–Crippen LogP) is 8.69. The van der Waals surface area contributed by atoms with Crippen molar-refractivity contribution in [2.45, 2.75) is 155 Å². The molecule has 0 bridgehead atoms. The Bertz CT molecular complexity index is 408. The van der Waals surface area contributed by atoms with Crippen LogP contribution in [0.5, 0.6) is 0 Å². The van der Waals surface area contributed by atoms with E-state index < -0.39 is 0 Å². The Morgan fingerprint density at radius 3 is 1.03 bits per heavy atom. The third-order valence-corrected chi connectivity index (χ3v) is 6.03. The number of hydrogen-bond acceptors (Lipinski definition) is 4. The topological polar surface area (TPSA) is 52.6 Å². The van der Waals surface area contributed by atoms with E-state index in [1.807, 2.05) is 0 Å². The molecule has 0 unspecified atom stereocenters. The lowest BCUT2D eigenvalue weighted by atomic mass is 10.1. The highest BCUT2D eigenvalue weighted by Gasteiger charge is 2.04. The van der Waals surface area contributed by atoms with Crippen LogP contribution in [0.4, 0.5) is 0 Å². The average molecular weight is 455 g/mol. The van der Waals surface area contributed by atoms with E-state index in [1.54, 1.807) is 0 Å². The molecule has 0 aromatic heterocycles. The Hall–Kier alpha value is -1.06. The number of rotatable bonds is 25. The van der Waals surface area contributed by atoms with Crippen LogP contribution < -0.4 is 0 Å². The zero-order valence-corrected chi connectivity index (χ0v) is 21.6. The van der Waals surface area contributed by atoms with Gasteiger partial charge in [-0.2, -0.15) is 0 Å². The van der Waals surface area contributed by atoms with Gasteiger partial charge in [0.05, 0.1) is 13.2 Å². The Labute approximate surface area is 199 Å². The van der Waals surface area contributed by atoms with Crippen molar-refractivity contribution < 1.29 is 19.1 Å². The van der Waals surface area contributed by atoms with Crippen molar-refractivity contribution >= 4 is 11.9 Å². The normalized spacial score (nSPS) is 10.9. The second kappa shape index (κ2) is 26.2. The Balaban J connectivity index is 3.25. The van der Waals surface area contributed by atoms with Crippen molar-refractivity contribution in [2.24, 2.45) is 0 Å². The van der Waals surface area contributed by atoms with E-state index in [0.717, 1.165) is 51.4 Å². The molecule has 0 aliphatic heterocycles. The van der Waals surface area contributed by atoms with Gasteiger partial charge in [-0.05, 0) is 25.7 Å². The number of hydrogen-bond donors (Lipinski definition) is 0. The van der Waals surface area contributed by atoms with Gasteiger partial charge < -0.3 is 9.47 Å². The minimum absolute atomic E-state index is 0.0407. The lowest BCUT2D eigenvalue weighted by molar-refractivity contribution is -0.144.